The van der Waals surface area contributed by atoms with Crippen molar-refractivity contribution in [3.05, 3.63) is 0 Å². The highest BCUT2D eigenvalue weighted by molar-refractivity contribution is 6.38. The lowest BCUT2D eigenvalue weighted by Gasteiger charge is -2.28. The first-order chi connectivity index (χ1) is 7.70. The van der Waals surface area contributed by atoms with Gasteiger partial charge < -0.3 is 10.6 Å². The Hall–Kier alpha value is -0.900. The summed E-state index contributed by atoms with van der Waals surface area (Å²) in [6.07, 6.45) is 6.53. The molecule has 4 nitrogen and oxygen atoms in total. The Bertz CT molecular complexity index is 283. The topological polar surface area (TPSA) is 58.2 Å². The molecular formula is C12H20N2O2. The highest BCUT2D eigenvalue weighted by Crippen LogP contribution is 2.30. The van der Waals surface area contributed by atoms with Crippen LogP contribution in [0.15, 0.2) is 0 Å². The van der Waals surface area contributed by atoms with Crippen molar-refractivity contribution in [3.63, 3.8) is 0 Å². The summed E-state index contributed by atoms with van der Waals surface area (Å²) in [5.74, 6) is -0.0578. The highest BCUT2D eigenvalue weighted by atomic mass is 16.2. The molecule has 0 aliphatic heterocycles. The number of carbonyl (C=O) groups is 2. The first-order valence-corrected chi connectivity index (χ1v) is 6.22. The van der Waals surface area contributed by atoms with E-state index in [1.807, 2.05) is 0 Å². The zero-order valence-corrected chi connectivity index (χ0v) is 9.79. The second-order valence-electron chi connectivity index (χ2n) is 4.99. The number of carbonyl (C=O) groups excluding carboxylic acids is 2. The molecule has 0 bridgehead atoms. The molecular weight excluding hydrogens is 204 g/mol. The van der Waals surface area contributed by atoms with Crippen LogP contribution in [0.4, 0.5) is 0 Å². The van der Waals surface area contributed by atoms with Crippen molar-refractivity contribution in [1.82, 2.24) is 10.6 Å². The molecule has 0 heterocycles. The number of hydrogen-bond donors (Lipinski definition) is 2. The molecule has 0 aromatic carbocycles. The Labute approximate surface area is 96.2 Å². The third-order valence-electron chi connectivity index (χ3n) is 3.60. The zero-order valence-electron chi connectivity index (χ0n) is 9.79. The van der Waals surface area contributed by atoms with Crippen LogP contribution in [0.2, 0.25) is 0 Å². The third-order valence-corrected chi connectivity index (χ3v) is 3.60. The first-order valence-electron chi connectivity index (χ1n) is 6.22. The van der Waals surface area contributed by atoms with Gasteiger partial charge in [-0.2, -0.15) is 0 Å². The predicted molar refractivity (Wildman–Crippen MR) is 61.0 cm³/mol. The molecule has 1 amide bonds. The van der Waals surface area contributed by atoms with E-state index in [-0.39, 0.29) is 17.9 Å². The minimum Gasteiger partial charge on any atom is -0.347 e. The molecule has 2 fully saturated rings. The predicted octanol–water partition coefficient (Wildman–Crippen LogP) is 0.612. The Balaban J connectivity index is 1.80. The summed E-state index contributed by atoms with van der Waals surface area (Å²) in [6.45, 7) is 0. The molecule has 0 saturated heterocycles. The molecule has 2 rings (SSSR count). The minimum atomic E-state index is -0.402. The number of likely N-dealkylation sites (N-methyl/N-ethyl adjacent to an activating group) is 1. The van der Waals surface area contributed by atoms with Gasteiger partial charge in [-0.25, -0.2) is 0 Å². The van der Waals surface area contributed by atoms with Gasteiger partial charge in [0.2, 0.25) is 5.78 Å². The van der Waals surface area contributed by atoms with Crippen LogP contribution in [-0.2, 0) is 9.59 Å². The van der Waals surface area contributed by atoms with Crippen LogP contribution in [0.3, 0.4) is 0 Å². The fourth-order valence-corrected chi connectivity index (χ4v) is 2.06. The van der Waals surface area contributed by atoms with Crippen LogP contribution in [0, 0.1) is 5.92 Å². The van der Waals surface area contributed by atoms with Gasteiger partial charge in [0.15, 0.2) is 0 Å². The molecule has 90 valence electrons. The second-order valence-corrected chi connectivity index (χ2v) is 4.99. The van der Waals surface area contributed by atoms with E-state index in [9.17, 15) is 9.59 Å². The van der Waals surface area contributed by atoms with Gasteiger partial charge in [0, 0.05) is 6.04 Å². The molecule has 0 radical (unpaired) electrons. The third kappa shape index (κ3) is 2.82. The fraction of sp³-hybridized carbons (Fsp3) is 0.833. The number of Topliss-reactive ketones (excluding diaryl/α,β-unsaturated/α-hetero) is 1. The zero-order chi connectivity index (χ0) is 11.5. The van der Waals surface area contributed by atoms with Crippen molar-refractivity contribution >= 4 is 11.7 Å². The monoisotopic (exact) mass is 224 g/mol. The maximum Gasteiger partial charge on any atom is 0.289 e. The number of rotatable bonds is 6. The largest absolute Gasteiger partial charge is 0.347 e. The number of ketones is 1. The van der Waals surface area contributed by atoms with Crippen LogP contribution in [0.25, 0.3) is 0 Å². The van der Waals surface area contributed by atoms with Crippen LogP contribution in [0.1, 0.15) is 38.5 Å². The lowest BCUT2D eigenvalue weighted by atomic mass is 9.80. The molecule has 0 aromatic rings. The number of hydrogen-bond acceptors (Lipinski definition) is 3. The van der Waals surface area contributed by atoms with E-state index in [1.165, 1.54) is 19.3 Å². The summed E-state index contributed by atoms with van der Waals surface area (Å²) in [5.41, 5.74) is 0. The quantitative estimate of drug-likeness (QED) is 0.650. The minimum absolute atomic E-state index is 0.262. The lowest BCUT2D eigenvalue weighted by molar-refractivity contribution is -0.139. The molecule has 1 unspecified atom stereocenters. The summed E-state index contributed by atoms with van der Waals surface area (Å²) >= 11 is 0. The van der Waals surface area contributed by atoms with Gasteiger partial charge in [-0.3, -0.25) is 9.59 Å². The van der Waals surface area contributed by atoms with Crippen LogP contribution in [0.5, 0.6) is 0 Å². The number of amides is 1. The van der Waals surface area contributed by atoms with Crippen molar-refractivity contribution in [1.29, 1.82) is 0 Å². The Morgan fingerprint density at radius 3 is 2.38 bits per heavy atom. The highest BCUT2D eigenvalue weighted by Gasteiger charge is 2.32. The van der Waals surface area contributed by atoms with Crippen molar-refractivity contribution in [2.24, 2.45) is 5.92 Å². The summed E-state index contributed by atoms with van der Waals surface area (Å²) in [6, 6.07) is -0.0262. The van der Waals surface area contributed by atoms with Gasteiger partial charge in [-0.1, -0.05) is 19.3 Å². The molecule has 2 aliphatic rings. The van der Waals surface area contributed by atoms with Gasteiger partial charge in [0.05, 0.1) is 6.04 Å². The van der Waals surface area contributed by atoms with E-state index in [4.69, 9.17) is 0 Å². The Morgan fingerprint density at radius 2 is 1.94 bits per heavy atom. The maximum atomic E-state index is 11.8. The van der Waals surface area contributed by atoms with E-state index >= 15 is 0 Å². The molecule has 0 aromatic heterocycles. The van der Waals surface area contributed by atoms with E-state index in [0.717, 1.165) is 19.3 Å². The van der Waals surface area contributed by atoms with Crippen LogP contribution >= 0.6 is 0 Å². The van der Waals surface area contributed by atoms with Crippen molar-refractivity contribution in [2.75, 3.05) is 7.05 Å². The lowest BCUT2D eigenvalue weighted by Crippen LogP contribution is -2.46. The molecule has 16 heavy (non-hydrogen) atoms. The fourth-order valence-electron chi connectivity index (χ4n) is 2.06. The van der Waals surface area contributed by atoms with E-state index in [1.54, 1.807) is 7.05 Å². The van der Waals surface area contributed by atoms with Crippen LogP contribution < -0.4 is 10.6 Å². The molecule has 4 heteroatoms. The van der Waals surface area contributed by atoms with Gasteiger partial charge >= 0.3 is 0 Å². The molecule has 0 spiro atoms. The van der Waals surface area contributed by atoms with Gasteiger partial charge in [0.1, 0.15) is 0 Å². The average Bonchev–Trinajstić information content (AvgIpc) is 2.99. The number of nitrogens with one attached hydrogen (secondary N) is 2. The molecule has 1 atom stereocenters. The summed E-state index contributed by atoms with van der Waals surface area (Å²) in [4.78, 5) is 23.4. The van der Waals surface area contributed by atoms with Gasteiger partial charge in [-0.05, 0) is 32.2 Å². The molecule has 2 aliphatic carbocycles. The summed E-state index contributed by atoms with van der Waals surface area (Å²) in [5, 5.41) is 5.71. The van der Waals surface area contributed by atoms with E-state index in [0.29, 0.717) is 5.92 Å². The van der Waals surface area contributed by atoms with Crippen LogP contribution in [-0.4, -0.2) is 30.8 Å². The van der Waals surface area contributed by atoms with Crippen molar-refractivity contribution in [2.45, 2.75) is 50.6 Å². The van der Waals surface area contributed by atoms with Crippen molar-refractivity contribution < 1.29 is 9.59 Å². The normalized spacial score (nSPS) is 22.3. The van der Waals surface area contributed by atoms with E-state index < -0.39 is 5.91 Å². The Kier molecular flexibility index (Phi) is 3.59. The standard InChI is InChI=1S/C12H20N2O2/c1-13-10(7-8-3-2-4-8)11(15)12(16)14-9-5-6-9/h8-10,13H,2-7H2,1H3,(H,14,16). The second kappa shape index (κ2) is 4.95. The first kappa shape index (κ1) is 11.6. The van der Waals surface area contributed by atoms with Gasteiger partial charge in [-0.15, -0.1) is 0 Å². The summed E-state index contributed by atoms with van der Waals surface area (Å²) < 4.78 is 0. The smallest absolute Gasteiger partial charge is 0.289 e. The SMILES string of the molecule is CNC(CC1CCC1)C(=O)C(=O)NC1CC1. The van der Waals surface area contributed by atoms with Crippen molar-refractivity contribution in [3.8, 4) is 0 Å². The van der Waals surface area contributed by atoms with E-state index in [2.05, 4.69) is 10.6 Å². The van der Waals surface area contributed by atoms with Gasteiger partial charge in [0.25, 0.3) is 5.91 Å². The average molecular weight is 224 g/mol. The molecule has 2 N–H and O–H groups in total. The summed E-state index contributed by atoms with van der Waals surface area (Å²) in [7, 11) is 1.76. The maximum absolute atomic E-state index is 11.8. The molecule has 2 saturated carbocycles. The Morgan fingerprint density at radius 1 is 1.25 bits per heavy atom.